The normalized spacial score (nSPS) is 12.4. The van der Waals surface area contributed by atoms with E-state index in [1.54, 1.807) is 48.5 Å². The van der Waals surface area contributed by atoms with Crippen molar-refractivity contribution in [2.45, 2.75) is 101 Å². The highest BCUT2D eigenvalue weighted by Crippen LogP contribution is 2.16. The first kappa shape index (κ1) is 32.2. The number of hydrogen-bond donors (Lipinski definition) is 0. The number of benzene rings is 2. The molecule has 38 heavy (non-hydrogen) atoms. The van der Waals surface area contributed by atoms with Gasteiger partial charge in [0.15, 0.2) is 0 Å². The van der Waals surface area contributed by atoms with Crippen molar-refractivity contribution in [2.75, 3.05) is 13.2 Å². The van der Waals surface area contributed by atoms with E-state index in [9.17, 15) is 16.8 Å². The summed E-state index contributed by atoms with van der Waals surface area (Å²) >= 11 is 0. The molecule has 0 unspecified atom stereocenters. The van der Waals surface area contributed by atoms with E-state index in [0.29, 0.717) is 0 Å². The number of unbranched alkanes of at least 4 members (excludes halogenated alkanes) is 10. The van der Waals surface area contributed by atoms with Gasteiger partial charge in [-0.15, -0.1) is 0 Å². The summed E-state index contributed by atoms with van der Waals surface area (Å²) in [6.45, 7) is 4.30. The molecule has 0 aliphatic carbocycles. The van der Waals surface area contributed by atoms with Gasteiger partial charge in [0.25, 0.3) is 20.2 Å². The van der Waals surface area contributed by atoms with Gasteiger partial charge < -0.3 is 0 Å². The highest BCUT2D eigenvalue weighted by Gasteiger charge is 2.15. The van der Waals surface area contributed by atoms with E-state index in [0.717, 1.165) is 88.2 Å². The Labute approximate surface area is 230 Å². The molecular weight excluding hydrogens is 520 g/mol. The van der Waals surface area contributed by atoms with Gasteiger partial charge >= 0.3 is 0 Å². The molecule has 0 heterocycles. The Morgan fingerprint density at radius 3 is 1.18 bits per heavy atom. The second-order valence-electron chi connectivity index (χ2n) is 9.76. The SMILES string of the molecule is Cc1ccc(S(=O)(=O)OCCCCCCC/C=C/CCCCCCCOS(=O)(=O)c2ccc(C)cc2)cc1. The zero-order valence-corrected chi connectivity index (χ0v) is 24.6. The van der Waals surface area contributed by atoms with Gasteiger partial charge in [0, 0.05) is 0 Å². The molecule has 0 bridgehead atoms. The fourth-order valence-electron chi connectivity index (χ4n) is 3.91. The molecule has 0 aliphatic heterocycles. The molecule has 0 N–H and O–H groups in total. The predicted octanol–water partition coefficient (Wildman–Crippen LogP) is 7.65. The second-order valence-corrected chi connectivity index (χ2v) is 13.0. The minimum Gasteiger partial charge on any atom is -0.266 e. The van der Waals surface area contributed by atoms with Crippen LogP contribution in [-0.4, -0.2) is 30.0 Å². The number of hydrogen-bond acceptors (Lipinski definition) is 6. The lowest BCUT2D eigenvalue weighted by molar-refractivity contribution is 0.305. The summed E-state index contributed by atoms with van der Waals surface area (Å²) in [4.78, 5) is 0.429. The molecule has 0 aliphatic rings. The molecule has 2 rings (SSSR count). The molecule has 2 aromatic carbocycles. The fourth-order valence-corrected chi connectivity index (χ4v) is 5.79. The molecule has 2 aromatic rings. The molecule has 0 amide bonds. The third-order valence-corrected chi connectivity index (χ3v) is 8.95. The van der Waals surface area contributed by atoms with Gasteiger partial charge in [0.1, 0.15) is 0 Å². The largest absolute Gasteiger partial charge is 0.296 e. The standard InChI is InChI=1S/C30H44O6S2/c1-27-17-21-29(22-18-27)37(31,32)35-25-15-13-11-9-7-5-3-4-6-8-10-12-14-16-26-36-38(33,34)30-23-19-28(2)20-24-30/h3-4,17-24H,5-16,25-26H2,1-2H3/b4-3+. The van der Waals surface area contributed by atoms with Gasteiger partial charge in [-0.1, -0.05) is 86.1 Å². The zero-order valence-electron chi connectivity index (χ0n) is 22.9. The van der Waals surface area contributed by atoms with Crippen LogP contribution in [0.15, 0.2) is 70.5 Å². The summed E-state index contributed by atoms with van der Waals surface area (Å²) in [5, 5.41) is 0. The smallest absolute Gasteiger partial charge is 0.266 e. The Morgan fingerprint density at radius 2 is 0.816 bits per heavy atom. The highest BCUT2D eigenvalue weighted by molar-refractivity contribution is 7.87. The summed E-state index contributed by atoms with van der Waals surface area (Å²) in [6.07, 6.45) is 16.8. The van der Waals surface area contributed by atoms with Crippen LogP contribution >= 0.6 is 0 Å². The summed E-state index contributed by atoms with van der Waals surface area (Å²) in [6, 6.07) is 13.4. The maximum atomic E-state index is 12.1. The van der Waals surface area contributed by atoms with Gasteiger partial charge in [-0.3, -0.25) is 8.37 Å². The van der Waals surface area contributed by atoms with Gasteiger partial charge in [-0.25, -0.2) is 0 Å². The van der Waals surface area contributed by atoms with Crippen LogP contribution in [0, 0.1) is 13.8 Å². The van der Waals surface area contributed by atoms with Crippen molar-refractivity contribution in [1.29, 1.82) is 0 Å². The summed E-state index contributed by atoms with van der Waals surface area (Å²) < 4.78 is 58.8. The van der Waals surface area contributed by atoms with Crippen molar-refractivity contribution in [3.8, 4) is 0 Å². The van der Waals surface area contributed by atoms with Crippen molar-refractivity contribution < 1.29 is 25.2 Å². The minimum atomic E-state index is -3.65. The Kier molecular flexibility index (Phi) is 14.9. The molecule has 0 aromatic heterocycles. The van der Waals surface area contributed by atoms with Crippen LogP contribution < -0.4 is 0 Å². The van der Waals surface area contributed by atoms with Crippen LogP contribution in [0.3, 0.4) is 0 Å². The molecule has 0 saturated carbocycles. The fraction of sp³-hybridized carbons (Fsp3) is 0.533. The summed E-state index contributed by atoms with van der Waals surface area (Å²) in [5.41, 5.74) is 2.03. The molecule has 212 valence electrons. The van der Waals surface area contributed by atoms with E-state index >= 15 is 0 Å². The van der Waals surface area contributed by atoms with Crippen LogP contribution in [-0.2, 0) is 28.6 Å². The molecule has 0 saturated heterocycles. The predicted molar refractivity (Wildman–Crippen MR) is 153 cm³/mol. The number of aryl methyl sites for hydroxylation is 2. The number of allylic oxidation sites excluding steroid dienone is 2. The first-order valence-electron chi connectivity index (χ1n) is 13.8. The van der Waals surface area contributed by atoms with Crippen LogP contribution in [0.2, 0.25) is 0 Å². The van der Waals surface area contributed by atoms with E-state index < -0.39 is 20.2 Å². The first-order chi connectivity index (χ1) is 18.2. The second kappa shape index (κ2) is 17.6. The van der Waals surface area contributed by atoms with Gasteiger partial charge in [0.2, 0.25) is 0 Å². The van der Waals surface area contributed by atoms with E-state index in [1.165, 1.54) is 0 Å². The lowest BCUT2D eigenvalue weighted by Crippen LogP contribution is -2.07. The third kappa shape index (κ3) is 13.2. The van der Waals surface area contributed by atoms with Crippen LogP contribution in [0.4, 0.5) is 0 Å². The molecular formula is C30H44O6S2. The lowest BCUT2D eigenvalue weighted by atomic mass is 10.1. The molecule has 0 fully saturated rings. The monoisotopic (exact) mass is 564 g/mol. The van der Waals surface area contributed by atoms with Crippen LogP contribution in [0.25, 0.3) is 0 Å². The van der Waals surface area contributed by atoms with Gasteiger partial charge in [-0.2, -0.15) is 16.8 Å². The van der Waals surface area contributed by atoms with Crippen molar-refractivity contribution in [3.63, 3.8) is 0 Å². The Morgan fingerprint density at radius 1 is 0.500 bits per heavy atom. The molecule has 8 heteroatoms. The average Bonchev–Trinajstić information content (AvgIpc) is 2.88. The zero-order chi connectivity index (χ0) is 27.7. The van der Waals surface area contributed by atoms with Crippen molar-refractivity contribution in [1.82, 2.24) is 0 Å². The van der Waals surface area contributed by atoms with Crippen molar-refractivity contribution >= 4 is 20.2 Å². The van der Waals surface area contributed by atoms with Crippen molar-refractivity contribution in [3.05, 3.63) is 71.8 Å². The highest BCUT2D eigenvalue weighted by atomic mass is 32.2. The topological polar surface area (TPSA) is 86.7 Å². The summed E-state index contributed by atoms with van der Waals surface area (Å²) in [5.74, 6) is 0. The molecule has 6 nitrogen and oxygen atoms in total. The molecule has 0 radical (unpaired) electrons. The quantitative estimate of drug-likeness (QED) is 0.0932. The maximum absolute atomic E-state index is 12.1. The van der Waals surface area contributed by atoms with Crippen molar-refractivity contribution in [2.24, 2.45) is 0 Å². The Hall–Kier alpha value is -2.00. The summed E-state index contributed by atoms with van der Waals surface area (Å²) in [7, 11) is -7.30. The molecule has 0 atom stereocenters. The number of rotatable bonds is 20. The minimum absolute atomic E-state index is 0.215. The Bertz CT molecular complexity index is 1060. The van der Waals surface area contributed by atoms with Crippen LogP contribution in [0.5, 0.6) is 0 Å². The lowest BCUT2D eigenvalue weighted by Gasteiger charge is -2.06. The van der Waals surface area contributed by atoms with E-state index in [-0.39, 0.29) is 23.0 Å². The average molecular weight is 565 g/mol. The van der Waals surface area contributed by atoms with Crippen LogP contribution in [0.1, 0.15) is 88.2 Å². The Balaban J connectivity index is 1.37. The van der Waals surface area contributed by atoms with Gasteiger partial charge in [0.05, 0.1) is 23.0 Å². The van der Waals surface area contributed by atoms with E-state index in [2.05, 4.69) is 12.2 Å². The molecule has 0 spiro atoms. The third-order valence-electron chi connectivity index (χ3n) is 6.29. The van der Waals surface area contributed by atoms with Gasteiger partial charge in [-0.05, 0) is 76.6 Å². The first-order valence-corrected chi connectivity index (χ1v) is 16.6. The van der Waals surface area contributed by atoms with E-state index in [4.69, 9.17) is 8.37 Å². The maximum Gasteiger partial charge on any atom is 0.296 e. The van der Waals surface area contributed by atoms with E-state index in [1.807, 2.05) is 13.8 Å².